The minimum Gasteiger partial charge on any atom is -0.465 e. The lowest BCUT2D eigenvalue weighted by atomic mass is 9.73. The van der Waals surface area contributed by atoms with Gasteiger partial charge in [-0.3, -0.25) is 9.59 Å². The largest absolute Gasteiger partial charge is 0.465 e. The monoisotopic (exact) mass is 355 g/mol. The SMILES string of the molecule is CCCCCCc1ccc(NC(=O)[C@@H]2CC=C[C@@H]3CCOC(=O)[C@@H]32)cc1. The van der Waals surface area contributed by atoms with Crippen molar-refractivity contribution in [3.05, 3.63) is 42.0 Å². The third kappa shape index (κ3) is 4.54. The molecule has 3 rings (SSSR count). The molecule has 1 amide bonds. The van der Waals surface area contributed by atoms with Gasteiger partial charge in [0.1, 0.15) is 0 Å². The molecule has 0 unspecified atom stereocenters. The Kier molecular flexibility index (Phi) is 6.48. The number of ether oxygens (including phenoxy) is 1. The highest BCUT2D eigenvalue weighted by molar-refractivity contribution is 5.95. The molecule has 0 radical (unpaired) electrons. The second-order valence-corrected chi connectivity index (χ2v) is 7.41. The number of carbonyl (C=O) groups excluding carboxylic acids is 2. The van der Waals surface area contributed by atoms with E-state index >= 15 is 0 Å². The summed E-state index contributed by atoms with van der Waals surface area (Å²) in [5.41, 5.74) is 2.10. The van der Waals surface area contributed by atoms with Crippen molar-refractivity contribution in [3.8, 4) is 0 Å². The van der Waals surface area contributed by atoms with Gasteiger partial charge in [-0.25, -0.2) is 0 Å². The van der Waals surface area contributed by atoms with E-state index in [9.17, 15) is 9.59 Å². The van der Waals surface area contributed by atoms with E-state index in [0.29, 0.717) is 13.0 Å². The maximum absolute atomic E-state index is 12.7. The number of allylic oxidation sites excluding steroid dienone is 2. The van der Waals surface area contributed by atoms with Crippen LogP contribution < -0.4 is 5.32 Å². The standard InChI is InChI=1S/C22H29NO3/c1-2-3-4-5-7-16-10-12-18(13-11-16)23-21(24)19-9-6-8-17-14-15-26-22(25)20(17)19/h6,8,10-13,17,19-20H,2-5,7,9,14-15H2,1H3,(H,23,24)/t17-,19-,20+/m1/s1. The van der Waals surface area contributed by atoms with Crippen molar-refractivity contribution in [2.45, 2.75) is 51.9 Å². The van der Waals surface area contributed by atoms with Crippen molar-refractivity contribution in [3.63, 3.8) is 0 Å². The third-order valence-corrected chi connectivity index (χ3v) is 5.51. The van der Waals surface area contributed by atoms with Crippen molar-refractivity contribution in [2.24, 2.45) is 17.8 Å². The molecule has 4 nitrogen and oxygen atoms in total. The Balaban J connectivity index is 1.57. The van der Waals surface area contributed by atoms with Crippen molar-refractivity contribution < 1.29 is 14.3 Å². The van der Waals surface area contributed by atoms with Gasteiger partial charge in [0.05, 0.1) is 18.4 Å². The zero-order chi connectivity index (χ0) is 18.4. The van der Waals surface area contributed by atoms with Crippen LogP contribution in [0.5, 0.6) is 0 Å². The highest BCUT2D eigenvalue weighted by Crippen LogP contribution is 2.36. The van der Waals surface area contributed by atoms with E-state index in [1.165, 1.54) is 31.2 Å². The number of esters is 1. The van der Waals surface area contributed by atoms with Gasteiger partial charge in [0.2, 0.25) is 5.91 Å². The van der Waals surface area contributed by atoms with E-state index in [-0.39, 0.29) is 29.6 Å². The normalized spacial score (nSPS) is 24.7. The summed E-state index contributed by atoms with van der Waals surface area (Å²) in [5.74, 6) is -0.864. The Hall–Kier alpha value is -2.10. The smallest absolute Gasteiger partial charge is 0.310 e. The molecule has 26 heavy (non-hydrogen) atoms. The lowest BCUT2D eigenvalue weighted by molar-refractivity contribution is -0.160. The quantitative estimate of drug-likeness (QED) is 0.445. The molecule has 1 aromatic carbocycles. The molecule has 0 aromatic heterocycles. The van der Waals surface area contributed by atoms with Crippen molar-refractivity contribution in [1.82, 2.24) is 0 Å². The van der Waals surface area contributed by atoms with Gasteiger partial charge in [0, 0.05) is 5.69 Å². The fourth-order valence-corrected chi connectivity index (χ4v) is 3.99. The van der Waals surface area contributed by atoms with E-state index in [4.69, 9.17) is 4.74 Å². The summed E-state index contributed by atoms with van der Waals surface area (Å²) < 4.78 is 5.20. The number of fused-ring (bicyclic) bond motifs is 1. The first-order valence-corrected chi connectivity index (χ1v) is 9.92. The molecule has 3 atom stereocenters. The predicted molar refractivity (Wildman–Crippen MR) is 103 cm³/mol. The van der Waals surface area contributed by atoms with E-state index in [1.807, 2.05) is 18.2 Å². The topological polar surface area (TPSA) is 55.4 Å². The van der Waals surface area contributed by atoms with Crippen molar-refractivity contribution in [2.75, 3.05) is 11.9 Å². The zero-order valence-electron chi connectivity index (χ0n) is 15.6. The number of unbranched alkanes of at least 4 members (excludes halogenated alkanes) is 3. The number of amides is 1. The summed E-state index contributed by atoms with van der Waals surface area (Å²) in [6.07, 6.45) is 11.6. The van der Waals surface area contributed by atoms with Crippen LogP contribution in [-0.2, 0) is 20.7 Å². The first-order chi connectivity index (χ1) is 12.7. The Morgan fingerprint density at radius 3 is 2.77 bits per heavy atom. The Morgan fingerprint density at radius 2 is 2.00 bits per heavy atom. The van der Waals surface area contributed by atoms with Gasteiger partial charge in [0.25, 0.3) is 0 Å². The highest BCUT2D eigenvalue weighted by Gasteiger charge is 2.43. The van der Waals surface area contributed by atoms with Gasteiger partial charge >= 0.3 is 5.97 Å². The molecule has 1 aliphatic carbocycles. The summed E-state index contributed by atoms with van der Waals surface area (Å²) >= 11 is 0. The number of hydrogen-bond acceptors (Lipinski definition) is 3. The second-order valence-electron chi connectivity index (χ2n) is 7.41. The number of aryl methyl sites for hydroxylation is 1. The van der Waals surface area contributed by atoms with Crippen LogP contribution in [0.15, 0.2) is 36.4 Å². The van der Waals surface area contributed by atoms with Gasteiger partial charge in [-0.05, 0) is 49.3 Å². The number of rotatable bonds is 7. The first-order valence-electron chi connectivity index (χ1n) is 9.92. The molecular weight excluding hydrogens is 326 g/mol. The lowest BCUT2D eigenvalue weighted by Crippen LogP contribution is -2.43. The van der Waals surface area contributed by atoms with Crippen LogP contribution in [-0.4, -0.2) is 18.5 Å². The van der Waals surface area contributed by atoms with Crippen LogP contribution in [0.4, 0.5) is 5.69 Å². The number of benzene rings is 1. The average molecular weight is 355 g/mol. The maximum atomic E-state index is 12.7. The zero-order valence-corrected chi connectivity index (χ0v) is 15.6. The molecule has 140 valence electrons. The van der Waals surface area contributed by atoms with Gasteiger partial charge in [-0.15, -0.1) is 0 Å². The molecule has 1 heterocycles. The van der Waals surface area contributed by atoms with Crippen LogP contribution >= 0.6 is 0 Å². The molecule has 0 saturated carbocycles. The second kappa shape index (κ2) is 9.02. The molecule has 1 aromatic rings. The fourth-order valence-electron chi connectivity index (χ4n) is 3.99. The summed E-state index contributed by atoms with van der Waals surface area (Å²) in [6.45, 7) is 2.67. The molecule has 1 fully saturated rings. The Morgan fingerprint density at radius 1 is 1.19 bits per heavy atom. The Labute approximate surface area is 156 Å². The maximum Gasteiger partial charge on any atom is 0.310 e. The summed E-state index contributed by atoms with van der Waals surface area (Å²) in [4.78, 5) is 24.9. The van der Waals surface area contributed by atoms with Crippen molar-refractivity contribution in [1.29, 1.82) is 0 Å². The van der Waals surface area contributed by atoms with E-state index < -0.39 is 0 Å². The summed E-state index contributed by atoms with van der Waals surface area (Å²) in [6, 6.07) is 8.09. The molecule has 1 aliphatic heterocycles. The highest BCUT2D eigenvalue weighted by atomic mass is 16.5. The molecule has 4 heteroatoms. The van der Waals surface area contributed by atoms with Gasteiger partial charge in [-0.1, -0.05) is 50.5 Å². The lowest BCUT2D eigenvalue weighted by Gasteiger charge is -2.35. The molecule has 1 saturated heterocycles. The first kappa shape index (κ1) is 18.7. The number of nitrogens with one attached hydrogen (secondary N) is 1. The summed E-state index contributed by atoms with van der Waals surface area (Å²) in [7, 11) is 0. The minimum absolute atomic E-state index is 0.0844. The fraction of sp³-hybridized carbons (Fsp3) is 0.545. The van der Waals surface area contributed by atoms with Gasteiger partial charge in [-0.2, -0.15) is 0 Å². The molecule has 1 N–H and O–H groups in total. The van der Waals surface area contributed by atoms with Crippen LogP contribution in [0.25, 0.3) is 0 Å². The number of hydrogen-bond donors (Lipinski definition) is 1. The molecular formula is C22H29NO3. The van der Waals surface area contributed by atoms with Crippen LogP contribution in [0.3, 0.4) is 0 Å². The minimum atomic E-state index is -0.341. The number of carbonyl (C=O) groups is 2. The van der Waals surface area contributed by atoms with E-state index in [2.05, 4.69) is 30.4 Å². The van der Waals surface area contributed by atoms with Gasteiger partial charge in [0.15, 0.2) is 0 Å². The predicted octanol–water partition coefficient (Wildman–Crippen LogP) is 4.50. The molecule has 0 bridgehead atoms. The molecule has 0 spiro atoms. The van der Waals surface area contributed by atoms with Crippen LogP contribution in [0.2, 0.25) is 0 Å². The number of anilines is 1. The van der Waals surface area contributed by atoms with Crippen LogP contribution in [0.1, 0.15) is 51.0 Å². The summed E-state index contributed by atoms with van der Waals surface area (Å²) in [5, 5.41) is 2.99. The Bertz CT molecular complexity index is 650. The third-order valence-electron chi connectivity index (χ3n) is 5.51. The van der Waals surface area contributed by atoms with Crippen LogP contribution in [0, 0.1) is 17.8 Å². The van der Waals surface area contributed by atoms with E-state index in [1.54, 1.807) is 0 Å². The van der Waals surface area contributed by atoms with Crippen molar-refractivity contribution >= 4 is 17.6 Å². The molecule has 2 aliphatic rings. The van der Waals surface area contributed by atoms with E-state index in [0.717, 1.165) is 18.5 Å². The number of cyclic esters (lactones) is 1. The average Bonchev–Trinajstić information content (AvgIpc) is 2.66. The van der Waals surface area contributed by atoms with Gasteiger partial charge < -0.3 is 10.1 Å².